The van der Waals surface area contributed by atoms with E-state index in [1.54, 1.807) is 6.26 Å². The van der Waals surface area contributed by atoms with Gasteiger partial charge in [0.25, 0.3) is 0 Å². The fourth-order valence-corrected chi connectivity index (χ4v) is 4.33. The monoisotopic (exact) mass is 410 g/mol. The van der Waals surface area contributed by atoms with Crippen LogP contribution in [0.2, 0.25) is 0 Å². The number of rotatable bonds is 5. The molecule has 4 rings (SSSR count). The van der Waals surface area contributed by atoms with E-state index in [0.29, 0.717) is 32.7 Å². The molecule has 160 valence electrons. The molecule has 1 aliphatic heterocycles. The summed E-state index contributed by atoms with van der Waals surface area (Å²) in [6.45, 7) is 5.05. The van der Waals surface area contributed by atoms with E-state index in [9.17, 15) is 9.59 Å². The molecule has 1 aliphatic carbocycles. The molecule has 0 radical (unpaired) electrons. The fraction of sp³-hybridized carbons (Fsp3) is 0.478. The summed E-state index contributed by atoms with van der Waals surface area (Å²) in [7, 11) is 0. The molecule has 2 N–H and O–H groups in total. The Bertz CT molecular complexity index is 886. The van der Waals surface area contributed by atoms with Crippen molar-refractivity contribution in [1.82, 2.24) is 15.1 Å². The molecule has 1 atom stereocenters. The summed E-state index contributed by atoms with van der Waals surface area (Å²) in [5.74, 6) is 0.982. The van der Waals surface area contributed by atoms with E-state index in [2.05, 4.69) is 22.5 Å². The van der Waals surface area contributed by atoms with Gasteiger partial charge in [-0.25, -0.2) is 4.79 Å². The molecular weight excluding hydrogens is 380 g/mol. The second kappa shape index (κ2) is 9.34. The van der Waals surface area contributed by atoms with Crippen molar-refractivity contribution in [3.8, 4) is 0 Å². The summed E-state index contributed by atoms with van der Waals surface area (Å²) >= 11 is 0. The normalized spacial score (nSPS) is 19.2. The minimum absolute atomic E-state index is 0.0107. The lowest BCUT2D eigenvalue weighted by atomic mass is 9.93. The van der Waals surface area contributed by atoms with Gasteiger partial charge in [-0.05, 0) is 37.0 Å². The van der Waals surface area contributed by atoms with Gasteiger partial charge in [0.2, 0.25) is 5.91 Å². The number of nitrogens with one attached hydrogen (secondary N) is 2. The predicted octanol–water partition coefficient (Wildman–Crippen LogP) is 3.19. The summed E-state index contributed by atoms with van der Waals surface area (Å²) in [6.07, 6.45) is 5.49. The molecule has 2 aliphatic rings. The quantitative estimate of drug-likeness (QED) is 0.794. The van der Waals surface area contributed by atoms with Crippen molar-refractivity contribution in [1.29, 1.82) is 0 Å². The zero-order valence-electron chi connectivity index (χ0n) is 17.5. The zero-order chi connectivity index (χ0) is 20.9. The highest BCUT2D eigenvalue weighted by Gasteiger charge is 2.28. The number of nitrogens with zero attached hydrogens (tertiary/aromatic N) is 2. The molecule has 3 amide bonds. The lowest BCUT2D eigenvalue weighted by molar-refractivity contribution is -0.117. The number of anilines is 1. The van der Waals surface area contributed by atoms with E-state index in [4.69, 9.17) is 4.42 Å². The number of benzene rings is 1. The molecule has 1 aromatic heterocycles. The Labute approximate surface area is 177 Å². The van der Waals surface area contributed by atoms with Crippen molar-refractivity contribution < 1.29 is 14.0 Å². The summed E-state index contributed by atoms with van der Waals surface area (Å²) in [6, 6.07) is 9.86. The van der Waals surface area contributed by atoms with Crippen molar-refractivity contribution in [3.63, 3.8) is 0 Å². The number of urea groups is 1. The third-order valence-corrected chi connectivity index (χ3v) is 6.05. The SMILES string of the molecule is CCc1ccccc1NC(=O)CN1CCN(C(=O)N[C@H]2CCCc3occc32)CC1. The first-order valence-corrected chi connectivity index (χ1v) is 10.9. The van der Waals surface area contributed by atoms with E-state index >= 15 is 0 Å². The molecule has 0 unspecified atom stereocenters. The van der Waals surface area contributed by atoms with Gasteiger partial charge in [0.15, 0.2) is 0 Å². The third-order valence-electron chi connectivity index (χ3n) is 6.05. The second-order valence-corrected chi connectivity index (χ2v) is 8.02. The van der Waals surface area contributed by atoms with Crippen LogP contribution in [0.15, 0.2) is 41.0 Å². The number of piperazine rings is 1. The van der Waals surface area contributed by atoms with Gasteiger partial charge in [0.1, 0.15) is 5.76 Å². The fourth-order valence-electron chi connectivity index (χ4n) is 4.33. The number of aryl methyl sites for hydroxylation is 2. The van der Waals surface area contributed by atoms with Gasteiger partial charge < -0.3 is 20.0 Å². The standard InChI is InChI=1S/C23H30N4O3/c1-2-17-6-3-4-7-19(17)24-22(28)16-26-11-13-27(14-12-26)23(29)25-20-8-5-9-21-18(20)10-15-30-21/h3-4,6-7,10,15,20H,2,5,8-9,11-14,16H2,1H3,(H,24,28)(H,25,29)/t20-/m0/s1. The van der Waals surface area contributed by atoms with Crippen LogP contribution in [0.5, 0.6) is 0 Å². The van der Waals surface area contributed by atoms with Gasteiger partial charge in [-0.2, -0.15) is 0 Å². The maximum Gasteiger partial charge on any atom is 0.317 e. The molecule has 1 fully saturated rings. The van der Waals surface area contributed by atoms with Gasteiger partial charge >= 0.3 is 6.03 Å². The number of para-hydroxylation sites is 1. The van der Waals surface area contributed by atoms with Crippen LogP contribution in [0.3, 0.4) is 0 Å². The van der Waals surface area contributed by atoms with Crippen LogP contribution in [0.4, 0.5) is 10.5 Å². The Morgan fingerprint density at radius 3 is 2.73 bits per heavy atom. The van der Waals surface area contributed by atoms with Crippen LogP contribution in [-0.4, -0.2) is 54.5 Å². The van der Waals surface area contributed by atoms with Crippen molar-refractivity contribution in [3.05, 3.63) is 53.5 Å². The van der Waals surface area contributed by atoms with E-state index in [1.807, 2.05) is 35.2 Å². The van der Waals surface area contributed by atoms with E-state index in [-0.39, 0.29) is 18.0 Å². The average Bonchev–Trinajstić information content (AvgIpc) is 3.24. The van der Waals surface area contributed by atoms with Gasteiger partial charge in [-0.15, -0.1) is 0 Å². The van der Waals surface area contributed by atoms with Gasteiger partial charge in [0.05, 0.1) is 18.8 Å². The van der Waals surface area contributed by atoms with Crippen molar-refractivity contribution >= 4 is 17.6 Å². The van der Waals surface area contributed by atoms with Gasteiger partial charge in [-0.3, -0.25) is 9.69 Å². The maximum absolute atomic E-state index is 12.7. The molecule has 7 heteroatoms. The average molecular weight is 411 g/mol. The lowest BCUT2D eigenvalue weighted by Gasteiger charge is -2.35. The number of carbonyl (C=O) groups is 2. The van der Waals surface area contributed by atoms with Crippen LogP contribution in [0, 0.1) is 0 Å². The van der Waals surface area contributed by atoms with E-state index < -0.39 is 0 Å². The highest BCUT2D eigenvalue weighted by atomic mass is 16.3. The van der Waals surface area contributed by atoms with E-state index in [0.717, 1.165) is 48.3 Å². The van der Waals surface area contributed by atoms with Crippen LogP contribution in [-0.2, 0) is 17.6 Å². The lowest BCUT2D eigenvalue weighted by Crippen LogP contribution is -2.53. The first-order valence-electron chi connectivity index (χ1n) is 10.9. The summed E-state index contributed by atoms with van der Waals surface area (Å²) < 4.78 is 5.51. The summed E-state index contributed by atoms with van der Waals surface area (Å²) in [5, 5.41) is 6.18. The van der Waals surface area contributed by atoms with Crippen molar-refractivity contribution in [2.45, 2.75) is 38.6 Å². The largest absolute Gasteiger partial charge is 0.469 e. The number of carbonyl (C=O) groups excluding carboxylic acids is 2. The number of amides is 3. The van der Waals surface area contributed by atoms with Crippen LogP contribution in [0.1, 0.15) is 42.7 Å². The molecule has 0 bridgehead atoms. The molecule has 0 spiro atoms. The van der Waals surface area contributed by atoms with Crippen molar-refractivity contribution in [2.24, 2.45) is 0 Å². The molecule has 2 heterocycles. The molecule has 0 saturated carbocycles. The second-order valence-electron chi connectivity index (χ2n) is 8.02. The smallest absolute Gasteiger partial charge is 0.317 e. The Hall–Kier alpha value is -2.80. The topological polar surface area (TPSA) is 77.8 Å². The summed E-state index contributed by atoms with van der Waals surface area (Å²) in [5.41, 5.74) is 3.13. The third kappa shape index (κ3) is 4.67. The molecule has 30 heavy (non-hydrogen) atoms. The molecule has 1 saturated heterocycles. The van der Waals surface area contributed by atoms with E-state index in [1.165, 1.54) is 0 Å². The molecule has 1 aromatic carbocycles. The molecule has 2 aromatic rings. The Balaban J connectivity index is 1.24. The first-order chi connectivity index (χ1) is 14.6. The van der Waals surface area contributed by atoms with Crippen LogP contribution in [0.25, 0.3) is 0 Å². The predicted molar refractivity (Wildman–Crippen MR) is 115 cm³/mol. The zero-order valence-corrected chi connectivity index (χ0v) is 17.5. The van der Waals surface area contributed by atoms with Crippen LogP contribution < -0.4 is 10.6 Å². The van der Waals surface area contributed by atoms with Gasteiger partial charge in [0, 0.05) is 43.9 Å². The Morgan fingerprint density at radius 2 is 1.93 bits per heavy atom. The number of hydrogen-bond acceptors (Lipinski definition) is 4. The first kappa shape index (κ1) is 20.5. The highest BCUT2D eigenvalue weighted by molar-refractivity contribution is 5.93. The number of furan rings is 1. The van der Waals surface area contributed by atoms with Crippen molar-refractivity contribution in [2.75, 3.05) is 38.0 Å². The van der Waals surface area contributed by atoms with Crippen LogP contribution >= 0.6 is 0 Å². The maximum atomic E-state index is 12.7. The highest BCUT2D eigenvalue weighted by Crippen LogP contribution is 2.30. The number of hydrogen-bond donors (Lipinski definition) is 2. The minimum Gasteiger partial charge on any atom is -0.469 e. The Kier molecular flexibility index (Phi) is 6.38. The minimum atomic E-state index is -0.0324. The Morgan fingerprint density at radius 1 is 1.13 bits per heavy atom. The number of fused-ring (bicyclic) bond motifs is 1. The molecular formula is C23H30N4O3. The molecule has 7 nitrogen and oxygen atoms in total. The summed E-state index contributed by atoms with van der Waals surface area (Å²) in [4.78, 5) is 29.1. The van der Waals surface area contributed by atoms with Gasteiger partial charge in [-0.1, -0.05) is 25.1 Å².